The number of aryl methyl sites for hydroxylation is 1. The lowest BCUT2D eigenvalue weighted by atomic mass is 10.1. The molecule has 23 heavy (non-hydrogen) atoms. The maximum Gasteiger partial charge on any atom is 0.256 e. The van der Waals surface area contributed by atoms with Crippen molar-refractivity contribution in [3.63, 3.8) is 0 Å². The van der Waals surface area contributed by atoms with E-state index in [-0.39, 0.29) is 18.4 Å². The molecule has 2 amide bonds. The van der Waals surface area contributed by atoms with Crippen LogP contribution in [0.1, 0.15) is 40.1 Å². The van der Waals surface area contributed by atoms with Crippen LogP contribution in [0.2, 0.25) is 0 Å². The van der Waals surface area contributed by atoms with Gasteiger partial charge in [0.2, 0.25) is 0 Å². The Morgan fingerprint density at radius 3 is 2.48 bits per heavy atom. The van der Waals surface area contributed by atoms with Crippen LogP contribution in [0.25, 0.3) is 0 Å². The molecule has 0 aliphatic rings. The van der Waals surface area contributed by atoms with E-state index in [2.05, 4.69) is 17.6 Å². The number of rotatable bonds is 6. The average Bonchev–Trinajstić information content (AvgIpc) is 3.00. The third kappa shape index (κ3) is 4.64. The van der Waals surface area contributed by atoms with E-state index in [1.54, 1.807) is 30.5 Å². The lowest BCUT2D eigenvalue weighted by Crippen LogP contribution is -2.30. The van der Waals surface area contributed by atoms with Crippen molar-refractivity contribution in [1.82, 2.24) is 5.32 Å². The van der Waals surface area contributed by atoms with Gasteiger partial charge in [0.25, 0.3) is 11.8 Å². The third-order valence-corrected chi connectivity index (χ3v) is 4.15. The predicted molar refractivity (Wildman–Crippen MR) is 92.1 cm³/mol. The zero-order valence-corrected chi connectivity index (χ0v) is 13.9. The van der Waals surface area contributed by atoms with Gasteiger partial charge in [0.15, 0.2) is 0 Å². The zero-order chi connectivity index (χ0) is 16.8. The number of hydrogen-bond donors (Lipinski definition) is 3. The minimum atomic E-state index is -0.618. The van der Waals surface area contributed by atoms with E-state index >= 15 is 0 Å². The molecule has 2 rings (SSSR count). The van der Waals surface area contributed by atoms with E-state index in [1.165, 1.54) is 11.3 Å². The summed E-state index contributed by atoms with van der Waals surface area (Å²) in [7, 11) is 0. The summed E-state index contributed by atoms with van der Waals surface area (Å²) >= 11 is 1.29. The minimum absolute atomic E-state index is 0.167. The van der Waals surface area contributed by atoms with Gasteiger partial charge in [-0.3, -0.25) is 9.59 Å². The summed E-state index contributed by atoms with van der Waals surface area (Å²) in [4.78, 5) is 24.3. The molecule has 1 atom stereocenters. The highest BCUT2D eigenvalue weighted by Gasteiger charge is 2.16. The topological polar surface area (TPSA) is 78.4 Å². The van der Waals surface area contributed by atoms with Crippen molar-refractivity contribution in [3.05, 3.63) is 52.4 Å². The number of nitrogens with one attached hydrogen (secondary N) is 2. The number of amides is 2. The van der Waals surface area contributed by atoms with Gasteiger partial charge in [-0.05, 0) is 42.5 Å². The van der Waals surface area contributed by atoms with E-state index in [0.717, 1.165) is 12.0 Å². The summed E-state index contributed by atoms with van der Waals surface area (Å²) in [6, 6.07) is 9.03. The second-order valence-electron chi connectivity index (χ2n) is 5.23. The lowest BCUT2D eigenvalue weighted by molar-refractivity contribution is 0.0925. The summed E-state index contributed by atoms with van der Waals surface area (Å²) in [5.74, 6) is -0.566. The highest BCUT2D eigenvalue weighted by Crippen LogP contribution is 2.24. The van der Waals surface area contributed by atoms with Gasteiger partial charge >= 0.3 is 0 Å². The fraction of sp³-hybridized carbons (Fsp3) is 0.294. The van der Waals surface area contributed by atoms with Gasteiger partial charge in [0.05, 0.1) is 11.7 Å². The first kappa shape index (κ1) is 17.2. The van der Waals surface area contributed by atoms with Crippen LogP contribution in [-0.2, 0) is 6.42 Å². The molecule has 6 heteroatoms. The Morgan fingerprint density at radius 2 is 1.87 bits per heavy atom. The first-order valence-electron chi connectivity index (χ1n) is 7.45. The molecule has 0 saturated heterocycles. The fourth-order valence-electron chi connectivity index (χ4n) is 1.99. The molecule has 5 nitrogen and oxygen atoms in total. The van der Waals surface area contributed by atoms with Crippen molar-refractivity contribution in [2.45, 2.75) is 26.4 Å². The zero-order valence-electron chi connectivity index (χ0n) is 13.1. The van der Waals surface area contributed by atoms with Gasteiger partial charge in [-0.15, -0.1) is 11.3 Å². The van der Waals surface area contributed by atoms with Gasteiger partial charge in [-0.1, -0.05) is 19.1 Å². The monoisotopic (exact) mass is 332 g/mol. The van der Waals surface area contributed by atoms with E-state index in [9.17, 15) is 14.7 Å². The Labute approximate surface area is 139 Å². The molecule has 0 aliphatic heterocycles. The Morgan fingerprint density at radius 1 is 1.17 bits per heavy atom. The summed E-state index contributed by atoms with van der Waals surface area (Å²) < 4.78 is 0. The number of aliphatic hydroxyl groups excluding tert-OH is 1. The average molecular weight is 332 g/mol. The first-order chi connectivity index (χ1) is 11.0. The Kier molecular flexibility index (Phi) is 5.90. The van der Waals surface area contributed by atoms with Gasteiger partial charge in [-0.25, -0.2) is 0 Å². The largest absolute Gasteiger partial charge is 0.392 e. The maximum atomic E-state index is 12.3. The summed E-state index contributed by atoms with van der Waals surface area (Å²) in [6.45, 7) is 3.82. The molecule has 1 unspecified atom stereocenters. The van der Waals surface area contributed by atoms with Gasteiger partial charge in [0, 0.05) is 12.1 Å². The standard InChI is InChI=1S/C17H20N2O3S/c1-3-12-4-6-13(7-5-12)15(21)19-17-14(8-9-23-17)16(22)18-10-11(2)20/h4-9,11,20H,3,10H2,1-2H3,(H,18,22)(H,19,21). The molecule has 2 aromatic rings. The van der Waals surface area contributed by atoms with Crippen LogP contribution >= 0.6 is 11.3 Å². The van der Waals surface area contributed by atoms with Crippen LogP contribution in [0.3, 0.4) is 0 Å². The van der Waals surface area contributed by atoms with Crippen LogP contribution in [-0.4, -0.2) is 29.6 Å². The Hall–Kier alpha value is -2.18. The molecule has 122 valence electrons. The molecule has 1 aromatic heterocycles. The highest BCUT2D eigenvalue weighted by molar-refractivity contribution is 7.14. The normalized spacial score (nSPS) is 11.8. The molecular weight excluding hydrogens is 312 g/mol. The van der Waals surface area contributed by atoms with Crippen molar-refractivity contribution in [2.75, 3.05) is 11.9 Å². The molecule has 1 aromatic carbocycles. The lowest BCUT2D eigenvalue weighted by Gasteiger charge is -2.09. The third-order valence-electron chi connectivity index (χ3n) is 3.32. The molecule has 0 radical (unpaired) electrons. The van der Waals surface area contributed by atoms with E-state index in [4.69, 9.17) is 0 Å². The van der Waals surface area contributed by atoms with E-state index in [1.807, 2.05) is 12.1 Å². The SMILES string of the molecule is CCc1ccc(C(=O)Nc2sccc2C(=O)NCC(C)O)cc1. The van der Waals surface area contributed by atoms with Crippen molar-refractivity contribution < 1.29 is 14.7 Å². The maximum absolute atomic E-state index is 12.3. The van der Waals surface area contributed by atoms with Crippen LogP contribution in [0.15, 0.2) is 35.7 Å². The van der Waals surface area contributed by atoms with Gasteiger partial charge in [0.1, 0.15) is 5.00 Å². The molecular formula is C17H20N2O3S. The van der Waals surface area contributed by atoms with Crippen molar-refractivity contribution in [3.8, 4) is 0 Å². The van der Waals surface area contributed by atoms with Gasteiger partial charge in [-0.2, -0.15) is 0 Å². The number of benzene rings is 1. The molecule has 1 heterocycles. The number of hydrogen-bond acceptors (Lipinski definition) is 4. The fourth-order valence-corrected chi connectivity index (χ4v) is 2.77. The van der Waals surface area contributed by atoms with E-state index < -0.39 is 6.10 Å². The molecule has 3 N–H and O–H groups in total. The number of carbonyl (C=O) groups is 2. The quantitative estimate of drug-likeness (QED) is 0.761. The molecule has 0 saturated carbocycles. The number of carbonyl (C=O) groups excluding carboxylic acids is 2. The summed E-state index contributed by atoms with van der Waals surface area (Å²) in [6.07, 6.45) is 0.299. The minimum Gasteiger partial charge on any atom is -0.392 e. The van der Waals surface area contributed by atoms with Crippen molar-refractivity contribution in [2.24, 2.45) is 0 Å². The van der Waals surface area contributed by atoms with Crippen LogP contribution in [0, 0.1) is 0 Å². The van der Waals surface area contributed by atoms with Crippen LogP contribution in [0.4, 0.5) is 5.00 Å². The smallest absolute Gasteiger partial charge is 0.256 e. The van der Waals surface area contributed by atoms with Crippen molar-refractivity contribution in [1.29, 1.82) is 0 Å². The van der Waals surface area contributed by atoms with Crippen LogP contribution in [0.5, 0.6) is 0 Å². The number of anilines is 1. The Balaban J connectivity index is 2.06. The second-order valence-corrected chi connectivity index (χ2v) is 6.14. The summed E-state index contributed by atoms with van der Waals surface area (Å²) in [5.41, 5.74) is 2.11. The second kappa shape index (κ2) is 7.89. The molecule has 0 fully saturated rings. The summed E-state index contributed by atoms with van der Waals surface area (Å²) in [5, 5.41) is 16.9. The predicted octanol–water partition coefficient (Wildman–Crippen LogP) is 2.67. The van der Waals surface area contributed by atoms with Crippen molar-refractivity contribution >= 4 is 28.2 Å². The van der Waals surface area contributed by atoms with Gasteiger partial charge < -0.3 is 15.7 Å². The Bertz CT molecular complexity index is 677. The molecule has 0 spiro atoms. The number of thiophene rings is 1. The highest BCUT2D eigenvalue weighted by atomic mass is 32.1. The van der Waals surface area contributed by atoms with Crippen LogP contribution < -0.4 is 10.6 Å². The number of aliphatic hydroxyl groups is 1. The molecule has 0 aliphatic carbocycles. The van der Waals surface area contributed by atoms with E-state index in [0.29, 0.717) is 16.1 Å². The molecule has 0 bridgehead atoms. The first-order valence-corrected chi connectivity index (χ1v) is 8.33.